The minimum absolute atomic E-state index is 0.541. The van der Waals surface area contributed by atoms with E-state index in [-0.39, 0.29) is 0 Å². The zero-order valence-corrected chi connectivity index (χ0v) is 13.0. The highest BCUT2D eigenvalue weighted by Crippen LogP contribution is 2.35. The summed E-state index contributed by atoms with van der Waals surface area (Å²) in [5.74, 6) is 0.869. The number of ether oxygens (including phenoxy) is 1. The predicted octanol–water partition coefficient (Wildman–Crippen LogP) is 4.55. The Labute approximate surface area is 135 Å². The lowest BCUT2D eigenvalue weighted by Crippen LogP contribution is -2.36. The van der Waals surface area contributed by atoms with Gasteiger partial charge in [0.1, 0.15) is 6.61 Å². The third-order valence-corrected chi connectivity index (χ3v) is 4.11. The third kappa shape index (κ3) is 3.24. The summed E-state index contributed by atoms with van der Waals surface area (Å²) >= 11 is 6.29. The van der Waals surface area contributed by atoms with Crippen LogP contribution in [0.4, 0.5) is 0 Å². The first-order valence-corrected chi connectivity index (χ1v) is 7.64. The van der Waals surface area contributed by atoms with Crippen molar-refractivity contribution in [3.05, 3.63) is 94.7 Å². The molecular formula is C19H18ClNO. The quantitative estimate of drug-likeness (QED) is 0.898. The lowest BCUT2D eigenvalue weighted by molar-refractivity contribution is 0.177. The number of hydrogen-bond donors (Lipinski definition) is 1. The minimum atomic E-state index is -0.626. The van der Waals surface area contributed by atoms with Crippen molar-refractivity contribution in [1.29, 1.82) is 0 Å². The Hall–Kier alpha value is -2.03. The van der Waals surface area contributed by atoms with Crippen LogP contribution in [0, 0.1) is 0 Å². The van der Waals surface area contributed by atoms with Gasteiger partial charge in [-0.25, -0.2) is 0 Å². The second-order valence-electron chi connectivity index (χ2n) is 5.46. The molecule has 3 rings (SSSR count). The number of rotatable bonds is 4. The van der Waals surface area contributed by atoms with E-state index in [1.807, 2.05) is 72.8 Å². The van der Waals surface area contributed by atoms with Gasteiger partial charge >= 0.3 is 0 Å². The van der Waals surface area contributed by atoms with Crippen LogP contribution >= 0.6 is 11.6 Å². The van der Waals surface area contributed by atoms with Gasteiger partial charge in [-0.05, 0) is 23.3 Å². The summed E-state index contributed by atoms with van der Waals surface area (Å²) in [6, 6.07) is 17.8. The maximum absolute atomic E-state index is 6.55. The fourth-order valence-corrected chi connectivity index (χ4v) is 2.92. The normalized spacial score (nSPS) is 20.5. The molecule has 1 unspecified atom stereocenters. The summed E-state index contributed by atoms with van der Waals surface area (Å²) < 4.78 is 5.91. The molecule has 0 saturated carbocycles. The van der Waals surface area contributed by atoms with Gasteiger partial charge in [-0.15, -0.1) is 0 Å². The molecule has 112 valence electrons. The van der Waals surface area contributed by atoms with Crippen molar-refractivity contribution in [2.75, 3.05) is 0 Å². The monoisotopic (exact) mass is 311 g/mol. The SMILES string of the molecule is NC1(c2ccccc2Cl)C=CC=C(OCc2ccccc2)C1. The standard InChI is InChI=1S/C19H18ClNO/c20-18-11-5-4-10-17(18)19(21)12-6-9-16(13-19)22-14-15-7-2-1-3-8-15/h1-12H,13-14,21H2. The van der Waals surface area contributed by atoms with Gasteiger partial charge in [0.25, 0.3) is 0 Å². The smallest absolute Gasteiger partial charge is 0.113 e. The molecule has 2 N–H and O–H groups in total. The fourth-order valence-electron chi connectivity index (χ4n) is 2.61. The number of nitrogens with two attached hydrogens (primary N) is 1. The molecule has 1 atom stereocenters. The van der Waals surface area contributed by atoms with Crippen molar-refractivity contribution in [1.82, 2.24) is 0 Å². The molecule has 0 aromatic heterocycles. The molecule has 0 radical (unpaired) electrons. The van der Waals surface area contributed by atoms with Gasteiger partial charge in [-0.1, -0.05) is 72.3 Å². The van der Waals surface area contributed by atoms with Crippen molar-refractivity contribution >= 4 is 11.6 Å². The van der Waals surface area contributed by atoms with Crippen LogP contribution in [-0.2, 0) is 16.9 Å². The molecule has 0 amide bonds. The Morgan fingerprint density at radius 1 is 1.05 bits per heavy atom. The molecule has 2 nitrogen and oxygen atoms in total. The van der Waals surface area contributed by atoms with Gasteiger partial charge in [0.2, 0.25) is 0 Å². The first kappa shape index (κ1) is 14.9. The molecule has 0 aliphatic heterocycles. The maximum Gasteiger partial charge on any atom is 0.113 e. The molecule has 22 heavy (non-hydrogen) atoms. The second kappa shape index (κ2) is 6.39. The summed E-state index contributed by atoms with van der Waals surface area (Å²) in [5.41, 5.74) is 7.98. The minimum Gasteiger partial charge on any atom is -0.493 e. The number of halogens is 1. The Balaban J connectivity index is 1.73. The van der Waals surface area contributed by atoms with Crippen LogP contribution in [-0.4, -0.2) is 0 Å². The number of benzene rings is 2. The van der Waals surface area contributed by atoms with Crippen molar-refractivity contribution in [2.45, 2.75) is 18.6 Å². The van der Waals surface area contributed by atoms with E-state index < -0.39 is 5.54 Å². The van der Waals surface area contributed by atoms with E-state index in [2.05, 4.69) is 0 Å². The van der Waals surface area contributed by atoms with E-state index in [1.165, 1.54) is 0 Å². The molecule has 0 saturated heterocycles. The van der Waals surface area contributed by atoms with E-state index in [1.54, 1.807) is 0 Å². The van der Waals surface area contributed by atoms with Crippen molar-refractivity contribution < 1.29 is 4.74 Å². The summed E-state index contributed by atoms with van der Waals surface area (Å²) in [7, 11) is 0. The molecule has 0 fully saturated rings. The lowest BCUT2D eigenvalue weighted by atomic mass is 9.84. The van der Waals surface area contributed by atoms with Crippen LogP contribution in [0.1, 0.15) is 17.5 Å². The average Bonchev–Trinajstić information content (AvgIpc) is 2.54. The van der Waals surface area contributed by atoms with E-state index in [0.717, 1.165) is 16.9 Å². The van der Waals surface area contributed by atoms with Crippen molar-refractivity contribution in [3.63, 3.8) is 0 Å². The predicted molar refractivity (Wildman–Crippen MR) is 90.4 cm³/mol. The average molecular weight is 312 g/mol. The van der Waals surface area contributed by atoms with Gasteiger partial charge in [-0.2, -0.15) is 0 Å². The summed E-state index contributed by atoms with van der Waals surface area (Å²) in [6.07, 6.45) is 6.47. The molecule has 0 heterocycles. The highest BCUT2D eigenvalue weighted by molar-refractivity contribution is 6.31. The van der Waals surface area contributed by atoms with Crippen LogP contribution in [0.2, 0.25) is 5.02 Å². The number of allylic oxidation sites excluding steroid dienone is 2. The zero-order chi connectivity index (χ0) is 15.4. The highest BCUT2D eigenvalue weighted by Gasteiger charge is 2.30. The molecule has 0 bridgehead atoms. The highest BCUT2D eigenvalue weighted by atomic mass is 35.5. The van der Waals surface area contributed by atoms with E-state index in [9.17, 15) is 0 Å². The molecule has 2 aromatic carbocycles. The van der Waals surface area contributed by atoms with E-state index in [4.69, 9.17) is 22.1 Å². The summed E-state index contributed by atoms with van der Waals surface area (Å²) in [5, 5.41) is 0.680. The van der Waals surface area contributed by atoms with Crippen LogP contribution in [0.15, 0.2) is 78.6 Å². The molecular weight excluding hydrogens is 294 g/mol. The van der Waals surface area contributed by atoms with Crippen LogP contribution in [0.3, 0.4) is 0 Å². The Kier molecular flexibility index (Phi) is 4.32. The van der Waals surface area contributed by atoms with Crippen LogP contribution in [0.5, 0.6) is 0 Å². The molecule has 1 aliphatic rings. The van der Waals surface area contributed by atoms with Crippen LogP contribution in [0.25, 0.3) is 0 Å². The number of hydrogen-bond acceptors (Lipinski definition) is 2. The largest absolute Gasteiger partial charge is 0.493 e. The molecule has 3 heteroatoms. The first-order valence-electron chi connectivity index (χ1n) is 7.26. The molecule has 0 spiro atoms. The summed E-state index contributed by atoms with van der Waals surface area (Å²) in [4.78, 5) is 0. The second-order valence-corrected chi connectivity index (χ2v) is 5.87. The van der Waals surface area contributed by atoms with Gasteiger partial charge in [0.05, 0.1) is 11.3 Å². The lowest BCUT2D eigenvalue weighted by Gasteiger charge is -2.30. The third-order valence-electron chi connectivity index (χ3n) is 3.78. The first-order chi connectivity index (χ1) is 10.7. The maximum atomic E-state index is 6.55. The van der Waals surface area contributed by atoms with Gasteiger partial charge in [-0.3, -0.25) is 0 Å². The molecule has 1 aliphatic carbocycles. The summed E-state index contributed by atoms with van der Waals surface area (Å²) in [6.45, 7) is 0.541. The molecule has 2 aromatic rings. The topological polar surface area (TPSA) is 35.2 Å². The van der Waals surface area contributed by atoms with E-state index in [0.29, 0.717) is 18.1 Å². The van der Waals surface area contributed by atoms with Gasteiger partial charge < -0.3 is 10.5 Å². The van der Waals surface area contributed by atoms with Crippen molar-refractivity contribution in [3.8, 4) is 0 Å². The van der Waals surface area contributed by atoms with Crippen molar-refractivity contribution in [2.24, 2.45) is 5.73 Å². The Bertz CT molecular complexity index is 708. The Morgan fingerprint density at radius 2 is 1.77 bits per heavy atom. The fraction of sp³-hybridized carbons (Fsp3) is 0.158. The Morgan fingerprint density at radius 3 is 2.55 bits per heavy atom. The zero-order valence-electron chi connectivity index (χ0n) is 12.2. The van der Waals surface area contributed by atoms with Gasteiger partial charge in [0, 0.05) is 11.4 Å². The van der Waals surface area contributed by atoms with Gasteiger partial charge in [0.15, 0.2) is 0 Å². The van der Waals surface area contributed by atoms with Crippen LogP contribution < -0.4 is 5.73 Å². The van der Waals surface area contributed by atoms with E-state index >= 15 is 0 Å².